The van der Waals surface area contributed by atoms with E-state index in [0.29, 0.717) is 12.2 Å². The van der Waals surface area contributed by atoms with Crippen molar-refractivity contribution in [1.29, 1.82) is 0 Å². The van der Waals surface area contributed by atoms with Crippen molar-refractivity contribution in [3.63, 3.8) is 0 Å². The number of phenolic OH excluding ortho intramolecular Hbond substituents is 1. The van der Waals surface area contributed by atoms with E-state index in [2.05, 4.69) is 20.9 Å². The molecule has 136 valence electrons. The summed E-state index contributed by atoms with van der Waals surface area (Å²) in [5, 5.41) is 17.0. The number of carbonyl (C=O) groups excluding carboxylic acids is 1. The molecule has 0 aliphatic carbocycles. The Hall–Kier alpha value is -1.72. The fraction of sp³-hybridized carbons (Fsp3) is 0.429. The standard InChI is InChI=1S/C14H19F3N4O2.HI/c1-2-18-13(19-8-7-14(15,16)17)20-9-12(23)21-10-3-5-11(22)6-4-10;/h3-6,22H,2,7-9H2,1H3,(H,21,23)(H2,18,19,20);1H. The van der Waals surface area contributed by atoms with Gasteiger partial charge in [-0.15, -0.1) is 24.0 Å². The van der Waals surface area contributed by atoms with Crippen LogP contribution in [0.5, 0.6) is 5.75 Å². The third-order valence-corrected chi connectivity index (χ3v) is 2.58. The first kappa shape index (κ1) is 22.3. The number of nitrogens with one attached hydrogen (secondary N) is 3. The van der Waals surface area contributed by atoms with Crippen LogP contribution in [0.25, 0.3) is 0 Å². The van der Waals surface area contributed by atoms with Gasteiger partial charge in [0.15, 0.2) is 5.96 Å². The molecule has 6 nitrogen and oxygen atoms in total. The van der Waals surface area contributed by atoms with Crippen molar-refractivity contribution in [3.05, 3.63) is 24.3 Å². The first-order valence-corrected chi connectivity index (χ1v) is 6.98. The highest BCUT2D eigenvalue weighted by molar-refractivity contribution is 14.0. The Bertz CT molecular complexity index is 536. The molecular formula is C14H20F3IN4O2. The lowest BCUT2D eigenvalue weighted by atomic mass is 10.3. The van der Waals surface area contributed by atoms with Crippen LogP contribution >= 0.6 is 24.0 Å². The number of carbonyl (C=O) groups is 1. The summed E-state index contributed by atoms with van der Waals surface area (Å²) >= 11 is 0. The van der Waals surface area contributed by atoms with Crippen molar-refractivity contribution in [2.75, 3.05) is 25.0 Å². The molecule has 1 aromatic rings. The number of benzene rings is 1. The highest BCUT2D eigenvalue weighted by Gasteiger charge is 2.26. The van der Waals surface area contributed by atoms with Crippen molar-refractivity contribution in [2.45, 2.75) is 19.5 Å². The number of anilines is 1. The zero-order valence-corrected chi connectivity index (χ0v) is 15.3. The first-order valence-electron chi connectivity index (χ1n) is 6.98. The average molecular weight is 460 g/mol. The smallest absolute Gasteiger partial charge is 0.390 e. The lowest BCUT2D eigenvalue weighted by Gasteiger charge is -2.12. The molecule has 0 spiro atoms. The van der Waals surface area contributed by atoms with Crippen LogP contribution in [0.2, 0.25) is 0 Å². The quantitative estimate of drug-likeness (QED) is 0.228. The van der Waals surface area contributed by atoms with Crippen LogP contribution in [-0.2, 0) is 4.79 Å². The molecule has 24 heavy (non-hydrogen) atoms. The van der Waals surface area contributed by atoms with Gasteiger partial charge >= 0.3 is 6.18 Å². The van der Waals surface area contributed by atoms with E-state index < -0.39 is 18.5 Å². The van der Waals surface area contributed by atoms with Gasteiger partial charge in [0.1, 0.15) is 12.3 Å². The lowest BCUT2D eigenvalue weighted by molar-refractivity contribution is -0.132. The van der Waals surface area contributed by atoms with E-state index in [0.717, 1.165) is 0 Å². The summed E-state index contributed by atoms with van der Waals surface area (Å²) in [6.07, 6.45) is -5.24. The van der Waals surface area contributed by atoms with Gasteiger partial charge in [-0.05, 0) is 31.2 Å². The zero-order chi connectivity index (χ0) is 17.3. The van der Waals surface area contributed by atoms with Crippen molar-refractivity contribution in [3.8, 4) is 5.75 Å². The summed E-state index contributed by atoms with van der Waals surface area (Å²) in [7, 11) is 0. The molecule has 1 rings (SSSR count). The second-order valence-corrected chi connectivity index (χ2v) is 4.58. The number of aromatic hydroxyl groups is 1. The van der Waals surface area contributed by atoms with Crippen LogP contribution in [0.3, 0.4) is 0 Å². The average Bonchev–Trinajstić information content (AvgIpc) is 2.46. The molecular weight excluding hydrogens is 440 g/mol. The summed E-state index contributed by atoms with van der Waals surface area (Å²) in [4.78, 5) is 15.6. The molecule has 0 aromatic heterocycles. The largest absolute Gasteiger partial charge is 0.508 e. The number of nitrogens with zero attached hydrogens (tertiary/aromatic N) is 1. The molecule has 0 unspecified atom stereocenters. The van der Waals surface area contributed by atoms with Gasteiger partial charge in [-0.25, -0.2) is 4.99 Å². The Morgan fingerprint density at radius 3 is 2.38 bits per heavy atom. The number of aliphatic imine (C=N–C) groups is 1. The number of guanidine groups is 1. The number of hydrogen-bond donors (Lipinski definition) is 4. The molecule has 10 heteroatoms. The van der Waals surface area contributed by atoms with E-state index in [4.69, 9.17) is 5.11 Å². The van der Waals surface area contributed by atoms with E-state index in [1.807, 2.05) is 0 Å². The first-order chi connectivity index (χ1) is 10.8. The number of hydrogen-bond acceptors (Lipinski definition) is 3. The zero-order valence-electron chi connectivity index (χ0n) is 13.0. The van der Waals surface area contributed by atoms with Crippen LogP contribution in [0.15, 0.2) is 29.3 Å². The Morgan fingerprint density at radius 1 is 1.21 bits per heavy atom. The third-order valence-electron chi connectivity index (χ3n) is 2.58. The van der Waals surface area contributed by atoms with Crippen LogP contribution < -0.4 is 16.0 Å². The predicted molar refractivity (Wildman–Crippen MR) is 96.8 cm³/mol. The molecule has 1 aromatic carbocycles. The van der Waals surface area contributed by atoms with E-state index in [-0.39, 0.29) is 48.8 Å². The minimum absolute atomic E-state index is 0. The van der Waals surface area contributed by atoms with Gasteiger partial charge in [-0.3, -0.25) is 4.79 Å². The number of alkyl halides is 3. The molecule has 4 N–H and O–H groups in total. The Morgan fingerprint density at radius 2 is 1.83 bits per heavy atom. The van der Waals surface area contributed by atoms with Gasteiger partial charge in [-0.1, -0.05) is 0 Å². The van der Waals surface area contributed by atoms with Crippen LogP contribution in [0.4, 0.5) is 18.9 Å². The van der Waals surface area contributed by atoms with Gasteiger partial charge in [0.2, 0.25) is 5.91 Å². The molecule has 0 heterocycles. The van der Waals surface area contributed by atoms with E-state index in [1.165, 1.54) is 24.3 Å². The Balaban J connectivity index is 0.00000529. The Kier molecular flexibility index (Phi) is 10.2. The van der Waals surface area contributed by atoms with E-state index in [9.17, 15) is 18.0 Å². The molecule has 0 aliphatic rings. The summed E-state index contributed by atoms with van der Waals surface area (Å²) in [6.45, 7) is 1.64. The second-order valence-electron chi connectivity index (χ2n) is 4.58. The van der Waals surface area contributed by atoms with Gasteiger partial charge in [0.05, 0.1) is 6.42 Å². The van der Waals surface area contributed by atoms with E-state index >= 15 is 0 Å². The van der Waals surface area contributed by atoms with Gasteiger partial charge < -0.3 is 21.1 Å². The fourth-order valence-electron chi connectivity index (χ4n) is 1.56. The molecule has 0 atom stereocenters. The molecule has 0 bridgehead atoms. The summed E-state index contributed by atoms with van der Waals surface area (Å²) in [5.41, 5.74) is 0.484. The lowest BCUT2D eigenvalue weighted by Crippen LogP contribution is -2.39. The van der Waals surface area contributed by atoms with Crippen molar-refractivity contribution >= 4 is 41.5 Å². The maximum Gasteiger partial charge on any atom is 0.390 e. The summed E-state index contributed by atoms with van der Waals surface area (Å²) in [6, 6.07) is 5.87. The number of rotatable bonds is 6. The number of halogens is 4. The molecule has 1 amide bonds. The maximum atomic E-state index is 12.1. The molecule has 0 radical (unpaired) electrons. The normalized spacial score (nSPS) is 11.4. The SMILES string of the molecule is CCNC(=NCC(=O)Nc1ccc(O)cc1)NCCC(F)(F)F.I. The van der Waals surface area contributed by atoms with Crippen LogP contribution in [0, 0.1) is 0 Å². The topological polar surface area (TPSA) is 85.8 Å². The maximum absolute atomic E-state index is 12.1. The minimum atomic E-state index is -4.25. The second kappa shape index (κ2) is 10.9. The van der Waals surface area contributed by atoms with Gasteiger partial charge in [-0.2, -0.15) is 13.2 Å². The molecule has 0 saturated heterocycles. The molecule has 0 fully saturated rings. The Labute approximate surface area is 154 Å². The molecule has 0 aliphatic heterocycles. The highest BCUT2D eigenvalue weighted by Crippen LogP contribution is 2.18. The number of amides is 1. The van der Waals surface area contributed by atoms with E-state index in [1.54, 1.807) is 6.92 Å². The fourth-order valence-corrected chi connectivity index (χ4v) is 1.56. The predicted octanol–water partition coefficient (Wildman–Crippen LogP) is 2.46. The van der Waals surface area contributed by atoms with Crippen molar-refractivity contribution in [2.24, 2.45) is 4.99 Å². The third kappa shape index (κ3) is 10.1. The minimum Gasteiger partial charge on any atom is -0.508 e. The highest BCUT2D eigenvalue weighted by atomic mass is 127. The summed E-state index contributed by atoms with van der Waals surface area (Å²) in [5.74, 6) is -0.217. The van der Waals surface area contributed by atoms with Crippen molar-refractivity contribution in [1.82, 2.24) is 10.6 Å². The summed E-state index contributed by atoms with van der Waals surface area (Å²) < 4.78 is 36.3. The van der Waals surface area contributed by atoms with Gasteiger partial charge in [0.25, 0.3) is 0 Å². The van der Waals surface area contributed by atoms with Gasteiger partial charge in [0, 0.05) is 18.8 Å². The van der Waals surface area contributed by atoms with Crippen molar-refractivity contribution < 1.29 is 23.1 Å². The van der Waals surface area contributed by atoms with Crippen LogP contribution in [-0.4, -0.2) is 42.8 Å². The van der Waals surface area contributed by atoms with Crippen LogP contribution in [0.1, 0.15) is 13.3 Å². The molecule has 0 saturated carbocycles. The monoisotopic (exact) mass is 460 g/mol. The number of phenols is 1.